The minimum Gasteiger partial charge on any atom is -0.497 e. The van der Waals surface area contributed by atoms with Gasteiger partial charge in [0, 0.05) is 34.8 Å². The minimum atomic E-state index is -0.683. The van der Waals surface area contributed by atoms with Crippen molar-refractivity contribution in [2.24, 2.45) is 0 Å². The highest BCUT2D eigenvalue weighted by Gasteiger charge is 2.27. The van der Waals surface area contributed by atoms with Crippen molar-refractivity contribution < 1.29 is 18.7 Å². The molecule has 1 amide bonds. The fourth-order valence-electron chi connectivity index (χ4n) is 4.49. The molecule has 5 rings (SSSR count). The average molecular weight is 531 g/mol. The van der Waals surface area contributed by atoms with Crippen LogP contribution in [0.1, 0.15) is 32.0 Å². The van der Waals surface area contributed by atoms with Crippen LogP contribution in [-0.4, -0.2) is 35.3 Å². The van der Waals surface area contributed by atoms with Gasteiger partial charge in [0.25, 0.3) is 5.91 Å². The molecule has 0 bridgehead atoms. The van der Waals surface area contributed by atoms with Crippen LogP contribution in [0.4, 0.5) is 10.2 Å². The smallest absolute Gasteiger partial charge is 0.255 e. The lowest BCUT2D eigenvalue weighted by Gasteiger charge is -2.10. The number of nitrogens with two attached hydrogens (primary N) is 1. The first-order valence-corrected chi connectivity index (χ1v) is 12.2. The van der Waals surface area contributed by atoms with Gasteiger partial charge in [-0.3, -0.25) is 9.59 Å². The van der Waals surface area contributed by atoms with Gasteiger partial charge in [0.1, 0.15) is 17.4 Å². The Hall–Kier alpha value is -4.56. The maximum absolute atomic E-state index is 14.5. The Kier molecular flexibility index (Phi) is 6.89. The van der Waals surface area contributed by atoms with Gasteiger partial charge in [0.05, 0.1) is 23.4 Å². The molecule has 0 aliphatic rings. The number of ketones is 1. The number of rotatable bonds is 8. The maximum Gasteiger partial charge on any atom is 0.255 e. The third-order valence-corrected chi connectivity index (χ3v) is 6.70. The quantitative estimate of drug-likeness (QED) is 0.191. The Bertz CT molecular complexity index is 1660. The molecule has 5 N–H and O–H groups in total. The summed E-state index contributed by atoms with van der Waals surface area (Å²) in [6.07, 6.45) is 2.48. The lowest BCUT2D eigenvalue weighted by Crippen LogP contribution is -2.26. The number of ether oxygens (including phenoxy) is 1. The maximum atomic E-state index is 14.5. The number of carbonyl (C=O) groups is 2. The number of hydrogen-bond acceptors (Lipinski definition) is 4. The molecule has 0 saturated carbocycles. The molecule has 0 aliphatic carbocycles. The Labute approximate surface area is 222 Å². The molecule has 0 unspecified atom stereocenters. The standard InChI is InChI=1S/C29H24ClFN4O3/c1-38-19-9-6-16(7-10-19)27(36)26-24(17-8-11-21(30)22(31)14-17)25(28(32)35-26)29(37)33-13-12-18-15-34-23-5-3-2-4-20(18)23/h2-11,14-15,34-35H,12-13,32H2,1H3,(H,33,37). The van der Waals surface area contributed by atoms with E-state index in [1.165, 1.54) is 19.2 Å². The minimum absolute atomic E-state index is 0.00295. The van der Waals surface area contributed by atoms with Gasteiger partial charge in [0.15, 0.2) is 0 Å². The number of aromatic amines is 2. The number of carbonyl (C=O) groups excluding carboxylic acids is 2. The van der Waals surface area contributed by atoms with Crippen molar-refractivity contribution in [1.29, 1.82) is 0 Å². The van der Waals surface area contributed by atoms with E-state index in [9.17, 15) is 14.0 Å². The van der Waals surface area contributed by atoms with Crippen molar-refractivity contribution in [2.75, 3.05) is 19.4 Å². The van der Waals surface area contributed by atoms with Crippen molar-refractivity contribution >= 4 is 40.0 Å². The van der Waals surface area contributed by atoms with E-state index in [4.69, 9.17) is 22.1 Å². The van der Waals surface area contributed by atoms with E-state index in [1.807, 2.05) is 30.5 Å². The molecule has 0 saturated heterocycles. The van der Waals surface area contributed by atoms with E-state index in [2.05, 4.69) is 15.3 Å². The van der Waals surface area contributed by atoms with Crippen molar-refractivity contribution in [3.05, 3.63) is 106 Å². The number of benzene rings is 3. The van der Waals surface area contributed by atoms with Crippen molar-refractivity contribution in [3.63, 3.8) is 0 Å². The highest BCUT2D eigenvalue weighted by Crippen LogP contribution is 2.35. The van der Waals surface area contributed by atoms with Crippen LogP contribution in [0.25, 0.3) is 22.0 Å². The molecular weight excluding hydrogens is 507 g/mol. The fraction of sp³-hybridized carbons (Fsp3) is 0.103. The number of H-pyrrole nitrogens is 2. The summed E-state index contributed by atoms with van der Waals surface area (Å²) in [6, 6.07) is 18.5. The van der Waals surface area contributed by atoms with Gasteiger partial charge in [0.2, 0.25) is 5.78 Å². The van der Waals surface area contributed by atoms with E-state index in [0.29, 0.717) is 29.8 Å². The number of aromatic nitrogens is 2. The molecule has 5 aromatic rings. The molecule has 0 radical (unpaired) electrons. The van der Waals surface area contributed by atoms with Crippen LogP contribution >= 0.6 is 11.6 Å². The monoisotopic (exact) mass is 530 g/mol. The van der Waals surface area contributed by atoms with E-state index >= 15 is 0 Å². The summed E-state index contributed by atoms with van der Waals surface area (Å²) >= 11 is 5.89. The Morgan fingerprint density at radius 3 is 2.58 bits per heavy atom. The Balaban J connectivity index is 1.48. The van der Waals surface area contributed by atoms with Crippen LogP contribution in [0.15, 0.2) is 72.9 Å². The first-order chi connectivity index (χ1) is 18.4. The SMILES string of the molecule is COc1ccc(C(=O)c2[nH]c(N)c(C(=O)NCCc3c[nH]c4ccccc34)c2-c2ccc(Cl)c(F)c2)cc1. The topological polar surface area (TPSA) is 113 Å². The summed E-state index contributed by atoms with van der Waals surface area (Å²) in [5.41, 5.74) is 9.26. The normalized spacial score (nSPS) is 11.0. The summed E-state index contributed by atoms with van der Waals surface area (Å²) in [5.74, 6) is -1.00. The van der Waals surface area contributed by atoms with Gasteiger partial charge in [-0.05, 0) is 60.0 Å². The van der Waals surface area contributed by atoms with Gasteiger partial charge >= 0.3 is 0 Å². The summed E-state index contributed by atoms with van der Waals surface area (Å²) in [4.78, 5) is 33.0. The number of para-hydroxylation sites is 1. The molecule has 0 atom stereocenters. The predicted octanol–water partition coefficient (Wildman–Crippen LogP) is 5.75. The van der Waals surface area contributed by atoms with Crippen LogP contribution in [0.3, 0.4) is 0 Å². The van der Waals surface area contributed by atoms with Gasteiger partial charge in [-0.1, -0.05) is 35.9 Å². The highest BCUT2D eigenvalue weighted by atomic mass is 35.5. The first-order valence-electron chi connectivity index (χ1n) is 11.9. The molecule has 7 nitrogen and oxygen atoms in total. The van der Waals surface area contributed by atoms with Crippen LogP contribution in [0.5, 0.6) is 5.75 Å². The zero-order chi connectivity index (χ0) is 26.8. The van der Waals surface area contributed by atoms with Crippen LogP contribution in [-0.2, 0) is 6.42 Å². The number of fused-ring (bicyclic) bond motifs is 1. The van der Waals surface area contributed by atoms with Crippen molar-refractivity contribution in [1.82, 2.24) is 15.3 Å². The molecule has 0 aliphatic heterocycles. The molecule has 2 heterocycles. The van der Waals surface area contributed by atoms with Gasteiger partial charge < -0.3 is 25.8 Å². The number of halogens is 2. The second kappa shape index (κ2) is 10.4. The number of nitrogens with one attached hydrogen (secondary N) is 3. The summed E-state index contributed by atoms with van der Waals surface area (Å²) < 4.78 is 19.6. The number of amides is 1. The molecular formula is C29H24ClFN4O3. The number of anilines is 1. The van der Waals surface area contributed by atoms with E-state index < -0.39 is 17.5 Å². The van der Waals surface area contributed by atoms with E-state index in [-0.39, 0.29) is 27.7 Å². The van der Waals surface area contributed by atoms with Crippen LogP contribution in [0.2, 0.25) is 5.02 Å². The Morgan fingerprint density at radius 2 is 1.84 bits per heavy atom. The molecule has 2 aromatic heterocycles. The lowest BCUT2D eigenvalue weighted by molar-refractivity contribution is 0.0955. The number of methoxy groups -OCH3 is 1. The summed E-state index contributed by atoms with van der Waals surface area (Å²) in [5, 5.41) is 3.88. The van der Waals surface area contributed by atoms with E-state index in [1.54, 1.807) is 30.3 Å². The molecule has 9 heteroatoms. The van der Waals surface area contributed by atoms with Gasteiger partial charge in [-0.15, -0.1) is 0 Å². The van der Waals surface area contributed by atoms with Crippen molar-refractivity contribution in [3.8, 4) is 16.9 Å². The number of nitrogen functional groups attached to an aromatic ring is 1. The van der Waals surface area contributed by atoms with Crippen LogP contribution < -0.4 is 15.8 Å². The Morgan fingerprint density at radius 1 is 1.08 bits per heavy atom. The number of hydrogen-bond donors (Lipinski definition) is 4. The lowest BCUT2D eigenvalue weighted by atomic mass is 9.96. The second-order valence-electron chi connectivity index (χ2n) is 8.72. The average Bonchev–Trinajstić information content (AvgIpc) is 3.50. The zero-order valence-electron chi connectivity index (χ0n) is 20.4. The molecule has 192 valence electrons. The summed E-state index contributed by atoms with van der Waals surface area (Å²) in [6.45, 7) is 0.321. The van der Waals surface area contributed by atoms with Gasteiger partial charge in [-0.25, -0.2) is 4.39 Å². The van der Waals surface area contributed by atoms with Crippen molar-refractivity contribution in [2.45, 2.75) is 6.42 Å². The molecule has 3 aromatic carbocycles. The molecule has 0 fully saturated rings. The fourth-order valence-corrected chi connectivity index (χ4v) is 4.61. The van der Waals surface area contributed by atoms with E-state index in [0.717, 1.165) is 16.5 Å². The predicted molar refractivity (Wildman–Crippen MR) is 146 cm³/mol. The third-order valence-electron chi connectivity index (χ3n) is 6.40. The summed E-state index contributed by atoms with van der Waals surface area (Å²) in [7, 11) is 1.53. The first kappa shape index (κ1) is 25.1. The third kappa shape index (κ3) is 4.73. The van der Waals surface area contributed by atoms with Crippen LogP contribution in [0, 0.1) is 5.82 Å². The second-order valence-corrected chi connectivity index (χ2v) is 9.12. The highest BCUT2D eigenvalue weighted by molar-refractivity contribution is 6.30. The molecule has 0 spiro atoms. The largest absolute Gasteiger partial charge is 0.497 e. The molecule has 38 heavy (non-hydrogen) atoms. The van der Waals surface area contributed by atoms with Gasteiger partial charge in [-0.2, -0.15) is 0 Å². The zero-order valence-corrected chi connectivity index (χ0v) is 21.2.